The van der Waals surface area contributed by atoms with Crippen LogP contribution in [0, 0.1) is 0 Å². The summed E-state index contributed by atoms with van der Waals surface area (Å²) in [6, 6.07) is 20.3. The number of nitrogens with zero attached hydrogens (tertiary/aromatic N) is 2. The summed E-state index contributed by atoms with van der Waals surface area (Å²) in [6.45, 7) is 5.31. The van der Waals surface area contributed by atoms with Gasteiger partial charge in [-0.25, -0.2) is 4.98 Å². The van der Waals surface area contributed by atoms with Gasteiger partial charge in [-0.3, -0.25) is 4.90 Å². The zero-order valence-electron chi connectivity index (χ0n) is 18.3. The predicted molar refractivity (Wildman–Crippen MR) is 124 cm³/mol. The Morgan fingerprint density at radius 3 is 2.68 bits per heavy atom. The van der Waals surface area contributed by atoms with Crippen LogP contribution in [0.3, 0.4) is 0 Å². The van der Waals surface area contributed by atoms with E-state index in [0.717, 1.165) is 48.0 Å². The molecule has 0 amide bonds. The fourth-order valence-corrected chi connectivity index (χ4v) is 3.89. The van der Waals surface area contributed by atoms with Crippen molar-refractivity contribution >= 4 is 6.08 Å². The number of rotatable bonds is 6. The molecule has 0 aliphatic carbocycles. The molecular formula is C26H28N2O3. The Bertz CT molecular complexity index is 1060. The number of fused-ring (bicyclic) bond motifs is 1. The number of ether oxygens (including phenoxy) is 3. The number of benzene rings is 2. The fourth-order valence-electron chi connectivity index (χ4n) is 3.89. The maximum atomic E-state index is 6.11. The Morgan fingerprint density at radius 1 is 1.06 bits per heavy atom. The van der Waals surface area contributed by atoms with E-state index >= 15 is 0 Å². The van der Waals surface area contributed by atoms with Gasteiger partial charge in [-0.2, -0.15) is 0 Å². The highest BCUT2D eigenvalue weighted by atomic mass is 16.5. The summed E-state index contributed by atoms with van der Waals surface area (Å²) in [5.74, 6) is 2.14. The molecule has 4 rings (SSSR count). The minimum atomic E-state index is 0.589. The van der Waals surface area contributed by atoms with Crippen molar-refractivity contribution in [3.8, 4) is 28.6 Å². The molecule has 0 radical (unpaired) electrons. The Hall–Kier alpha value is -3.31. The van der Waals surface area contributed by atoms with Crippen LogP contribution in [-0.4, -0.2) is 43.8 Å². The molecule has 1 aromatic heterocycles. The third-order valence-corrected chi connectivity index (χ3v) is 5.31. The second-order valence-electron chi connectivity index (χ2n) is 7.69. The lowest BCUT2D eigenvalue weighted by atomic mass is 10.0. The SMILES string of the molecule is COc1cccc(-c2cc3c(c(OC)c2)OCCN(C/C(C)=C/c2ccccc2)C3)n1. The van der Waals surface area contributed by atoms with E-state index in [0.29, 0.717) is 12.5 Å². The van der Waals surface area contributed by atoms with Crippen LogP contribution in [0.1, 0.15) is 18.1 Å². The van der Waals surface area contributed by atoms with Crippen molar-refractivity contribution in [1.29, 1.82) is 0 Å². The normalized spacial score (nSPS) is 14.4. The minimum Gasteiger partial charge on any atom is -0.493 e. The minimum absolute atomic E-state index is 0.589. The summed E-state index contributed by atoms with van der Waals surface area (Å²) in [6.07, 6.45) is 2.24. The highest BCUT2D eigenvalue weighted by Crippen LogP contribution is 2.38. The lowest BCUT2D eigenvalue weighted by molar-refractivity contribution is 0.235. The van der Waals surface area contributed by atoms with Crippen molar-refractivity contribution in [2.24, 2.45) is 0 Å². The highest BCUT2D eigenvalue weighted by molar-refractivity contribution is 5.67. The van der Waals surface area contributed by atoms with Gasteiger partial charge in [0.15, 0.2) is 11.5 Å². The summed E-state index contributed by atoms with van der Waals surface area (Å²) in [5.41, 5.74) is 5.46. The first-order valence-corrected chi connectivity index (χ1v) is 10.5. The second-order valence-corrected chi connectivity index (χ2v) is 7.69. The Morgan fingerprint density at radius 2 is 1.90 bits per heavy atom. The summed E-state index contributed by atoms with van der Waals surface area (Å²) in [4.78, 5) is 6.99. The number of pyridine rings is 1. The highest BCUT2D eigenvalue weighted by Gasteiger charge is 2.21. The molecular weight excluding hydrogens is 388 g/mol. The van der Waals surface area contributed by atoms with Crippen LogP contribution in [0.5, 0.6) is 17.4 Å². The van der Waals surface area contributed by atoms with Crippen LogP contribution in [0.2, 0.25) is 0 Å². The van der Waals surface area contributed by atoms with E-state index in [9.17, 15) is 0 Å². The monoisotopic (exact) mass is 416 g/mol. The topological polar surface area (TPSA) is 43.8 Å². The largest absolute Gasteiger partial charge is 0.493 e. The van der Waals surface area contributed by atoms with Crippen LogP contribution < -0.4 is 14.2 Å². The quantitative estimate of drug-likeness (QED) is 0.562. The molecule has 1 aliphatic heterocycles. The average molecular weight is 417 g/mol. The zero-order chi connectivity index (χ0) is 21.6. The molecule has 1 aliphatic rings. The number of hydrogen-bond acceptors (Lipinski definition) is 5. The predicted octanol–water partition coefficient (Wildman–Crippen LogP) is 5.06. The summed E-state index contributed by atoms with van der Waals surface area (Å²) in [5, 5.41) is 0. The maximum Gasteiger partial charge on any atom is 0.213 e. The van der Waals surface area contributed by atoms with Crippen LogP contribution in [0.25, 0.3) is 17.3 Å². The van der Waals surface area contributed by atoms with Crippen LogP contribution in [0.15, 0.2) is 66.2 Å². The van der Waals surface area contributed by atoms with Gasteiger partial charge in [0, 0.05) is 36.8 Å². The van der Waals surface area contributed by atoms with Crippen LogP contribution in [-0.2, 0) is 6.54 Å². The van der Waals surface area contributed by atoms with E-state index in [1.807, 2.05) is 30.3 Å². The third-order valence-electron chi connectivity index (χ3n) is 5.31. The summed E-state index contributed by atoms with van der Waals surface area (Å²) in [7, 11) is 3.30. The molecule has 0 spiro atoms. The Kier molecular flexibility index (Phi) is 6.53. The van der Waals surface area contributed by atoms with Gasteiger partial charge >= 0.3 is 0 Å². The number of methoxy groups -OCH3 is 2. The molecule has 5 heteroatoms. The average Bonchev–Trinajstić information content (AvgIpc) is 3.00. The lowest BCUT2D eigenvalue weighted by Gasteiger charge is -2.20. The number of aromatic nitrogens is 1. The van der Waals surface area contributed by atoms with Crippen LogP contribution >= 0.6 is 0 Å². The van der Waals surface area contributed by atoms with Gasteiger partial charge in [0.1, 0.15) is 6.61 Å². The van der Waals surface area contributed by atoms with Gasteiger partial charge in [0.05, 0.1) is 19.9 Å². The Balaban J connectivity index is 1.61. The smallest absolute Gasteiger partial charge is 0.213 e. The molecule has 0 atom stereocenters. The van der Waals surface area contributed by atoms with Crippen molar-refractivity contribution in [2.45, 2.75) is 13.5 Å². The molecule has 0 fully saturated rings. The number of hydrogen-bond donors (Lipinski definition) is 0. The van der Waals surface area contributed by atoms with Crippen LogP contribution in [0.4, 0.5) is 0 Å². The van der Waals surface area contributed by atoms with Crippen molar-refractivity contribution in [1.82, 2.24) is 9.88 Å². The first-order chi connectivity index (χ1) is 15.2. The van der Waals surface area contributed by atoms with E-state index in [4.69, 9.17) is 14.2 Å². The van der Waals surface area contributed by atoms with E-state index in [1.165, 1.54) is 11.1 Å². The zero-order valence-corrected chi connectivity index (χ0v) is 18.3. The van der Waals surface area contributed by atoms with Gasteiger partial charge in [0.2, 0.25) is 5.88 Å². The van der Waals surface area contributed by atoms with E-state index in [1.54, 1.807) is 14.2 Å². The van der Waals surface area contributed by atoms with Gasteiger partial charge in [-0.1, -0.05) is 48.0 Å². The molecule has 0 saturated carbocycles. The van der Waals surface area contributed by atoms with Gasteiger partial charge in [-0.05, 0) is 30.7 Å². The molecule has 2 aromatic carbocycles. The van der Waals surface area contributed by atoms with Crippen molar-refractivity contribution in [3.05, 3.63) is 77.4 Å². The molecule has 0 saturated heterocycles. The molecule has 0 N–H and O–H groups in total. The molecule has 2 heterocycles. The standard InChI is InChI=1S/C26H28N2O3/c1-19(14-20-8-5-4-6-9-20)17-28-12-13-31-26-22(18-28)15-21(16-24(26)29-2)23-10-7-11-25(27-23)30-3/h4-11,14-16H,12-13,17-18H2,1-3H3/b19-14+. The van der Waals surface area contributed by atoms with Crippen molar-refractivity contribution < 1.29 is 14.2 Å². The Labute approximate surface area is 183 Å². The van der Waals surface area contributed by atoms with E-state index < -0.39 is 0 Å². The lowest BCUT2D eigenvalue weighted by Crippen LogP contribution is -2.27. The van der Waals surface area contributed by atoms with Crippen molar-refractivity contribution in [3.63, 3.8) is 0 Å². The van der Waals surface area contributed by atoms with Gasteiger partial charge < -0.3 is 14.2 Å². The molecule has 0 unspecified atom stereocenters. The third kappa shape index (κ3) is 5.06. The van der Waals surface area contributed by atoms with Crippen molar-refractivity contribution in [2.75, 3.05) is 33.9 Å². The molecule has 160 valence electrons. The molecule has 31 heavy (non-hydrogen) atoms. The second kappa shape index (κ2) is 9.67. The molecule has 5 nitrogen and oxygen atoms in total. The maximum absolute atomic E-state index is 6.11. The molecule has 0 bridgehead atoms. The first kappa shape index (κ1) is 20.9. The molecule has 3 aromatic rings. The van der Waals surface area contributed by atoms with E-state index in [2.05, 4.69) is 53.2 Å². The summed E-state index contributed by atoms with van der Waals surface area (Å²) < 4.78 is 17.1. The fraction of sp³-hybridized carbons (Fsp3) is 0.269. The van der Waals surface area contributed by atoms with E-state index in [-0.39, 0.29) is 0 Å². The van der Waals surface area contributed by atoms with Gasteiger partial charge in [0.25, 0.3) is 0 Å². The summed E-state index contributed by atoms with van der Waals surface area (Å²) >= 11 is 0. The van der Waals surface area contributed by atoms with Gasteiger partial charge in [-0.15, -0.1) is 0 Å². The first-order valence-electron chi connectivity index (χ1n) is 10.5.